The summed E-state index contributed by atoms with van der Waals surface area (Å²) in [6.07, 6.45) is 8.33. The zero-order valence-electron chi connectivity index (χ0n) is 51.0. The lowest BCUT2D eigenvalue weighted by Gasteiger charge is -2.40. The highest BCUT2D eigenvalue weighted by Gasteiger charge is 2.41. The Morgan fingerprint density at radius 2 is 0.846 bits per heavy atom. The molecule has 0 spiro atoms. The van der Waals surface area contributed by atoms with Crippen LogP contribution in [0.1, 0.15) is 158 Å². The van der Waals surface area contributed by atoms with Gasteiger partial charge >= 0.3 is 0 Å². The fourth-order valence-electron chi connectivity index (χ4n) is 10.0. The second kappa shape index (κ2) is 38.2. The number of nitrogens with one attached hydrogen (secondary N) is 1. The van der Waals surface area contributed by atoms with Gasteiger partial charge in [0.15, 0.2) is 5.78 Å². The van der Waals surface area contributed by atoms with Crippen LogP contribution in [0, 0.1) is 23.7 Å². The summed E-state index contributed by atoms with van der Waals surface area (Å²) in [6, 6.07) is 13.3. The van der Waals surface area contributed by atoms with Gasteiger partial charge in [0.2, 0.25) is 17.7 Å². The maximum atomic E-state index is 15.6. The number of rotatable bonds is 41. The van der Waals surface area contributed by atoms with E-state index < -0.39 is 24.2 Å². The lowest BCUT2D eigenvalue weighted by atomic mass is 9.89. The third-order valence-corrected chi connectivity index (χ3v) is 16.9. The number of nitrogens with zero attached hydrogens (tertiary/aromatic N) is 5. The van der Waals surface area contributed by atoms with Crippen LogP contribution in [0.4, 0.5) is 0 Å². The van der Waals surface area contributed by atoms with Gasteiger partial charge in [0, 0.05) is 38.1 Å². The van der Waals surface area contributed by atoms with E-state index in [4.69, 9.17) is 34.7 Å². The fourth-order valence-corrected chi connectivity index (χ4v) is 11.1. The average Bonchev–Trinajstić information content (AvgIpc) is 3.42. The van der Waals surface area contributed by atoms with Gasteiger partial charge in [-0.05, 0) is 180 Å². The molecule has 2 aromatic carbocycles. The number of ketones is 1. The first kappa shape index (κ1) is 71.5. The molecule has 0 bridgehead atoms. The van der Waals surface area contributed by atoms with Crippen LogP contribution in [-0.4, -0.2) is 161 Å². The van der Waals surface area contributed by atoms with Crippen LogP contribution < -0.4 is 14.8 Å². The van der Waals surface area contributed by atoms with Crippen molar-refractivity contribution in [2.75, 3.05) is 67.8 Å². The number of likely N-dealkylation sites (N-methyl/N-ethyl adjacent to an activating group) is 4. The summed E-state index contributed by atoms with van der Waals surface area (Å²) >= 11 is 19.4. The number of Topliss-reactive ketones (excluding diaryl/α,β-unsaturated/α-hetero) is 1. The molecular weight excluding hydrogens is 1050 g/mol. The molecule has 0 heterocycles. The Morgan fingerprint density at radius 1 is 0.487 bits per heavy atom. The van der Waals surface area contributed by atoms with Crippen molar-refractivity contribution in [3.05, 3.63) is 59.7 Å². The number of thiol groups is 4. The molecule has 12 nitrogen and oxygen atoms in total. The molecule has 11 atom stereocenters. The smallest absolute Gasteiger partial charge is 0.245 e. The number of carbonyl (C=O) groups excluding carboxylic acids is 4. The van der Waals surface area contributed by atoms with E-state index in [0.29, 0.717) is 45.6 Å². The Labute approximate surface area is 497 Å². The van der Waals surface area contributed by atoms with Gasteiger partial charge in [-0.3, -0.25) is 29.0 Å². The molecule has 2 rings (SSSR count). The number of hydrogen-bond donors (Lipinski definition) is 5. The van der Waals surface area contributed by atoms with E-state index >= 15 is 9.59 Å². The summed E-state index contributed by atoms with van der Waals surface area (Å²) < 4.78 is 12.0. The Morgan fingerprint density at radius 3 is 1.22 bits per heavy atom. The molecule has 0 aromatic heterocycles. The first-order valence-corrected chi connectivity index (χ1v) is 31.5. The number of amides is 3. The van der Waals surface area contributed by atoms with Gasteiger partial charge in [0.25, 0.3) is 0 Å². The van der Waals surface area contributed by atoms with Gasteiger partial charge in [-0.25, -0.2) is 0 Å². The molecule has 2 aromatic rings. The predicted molar refractivity (Wildman–Crippen MR) is 340 cm³/mol. The normalized spacial score (nSPS) is 16.1. The molecule has 0 aliphatic heterocycles. The Kier molecular flexibility index (Phi) is 35.0. The summed E-state index contributed by atoms with van der Waals surface area (Å²) in [5.41, 5.74) is 2.21. The fraction of sp³-hybridized carbons (Fsp3) is 0.742. The van der Waals surface area contributed by atoms with E-state index in [0.717, 1.165) is 88.2 Å². The first-order valence-electron chi connectivity index (χ1n) is 29.5. The quantitative estimate of drug-likeness (QED) is 0.0328. The van der Waals surface area contributed by atoms with Crippen molar-refractivity contribution >= 4 is 74.0 Å². The van der Waals surface area contributed by atoms with Crippen molar-refractivity contribution in [2.45, 2.75) is 205 Å². The molecule has 0 aliphatic rings. The standard InChI is InChI=1S/C62H108N6O6S4/c1-16-67(17-2)41-73-51-29-25-49(26-30-51)38-53(77)33-22-46(9)37-58(66(15)62(72)57(36-45(8)21-24-48(11)76)65(14)60(70)55(63-12)34-43(5)6)61(71)64(13)56(35-44(7)20-23-47(10)75)59(69)40-54(78)39-50-27-31-52(32-28-50)74-42-68(18-3)19-4/h25-32,43-48,53-58,63,75-78H,16-24,33-42H2,1-15H3/t44?,45?,46?,47?,48?,53?,54?,55-,56?,57-,58-/m0/s1. The minimum atomic E-state index is -0.911. The summed E-state index contributed by atoms with van der Waals surface area (Å²) in [5, 5.41) is 3.36. The lowest BCUT2D eigenvalue weighted by molar-refractivity contribution is -0.153. The maximum absolute atomic E-state index is 15.6. The number of hydrogen-bond acceptors (Lipinski definition) is 13. The van der Waals surface area contributed by atoms with Crippen LogP contribution >= 0.6 is 50.5 Å². The monoisotopic (exact) mass is 1160 g/mol. The van der Waals surface area contributed by atoms with Gasteiger partial charge in [0.1, 0.15) is 37.0 Å². The Bertz CT molecular complexity index is 1990. The Balaban J connectivity index is 2.57. The third-order valence-electron chi connectivity index (χ3n) is 15.6. The molecule has 0 radical (unpaired) electrons. The summed E-state index contributed by atoms with van der Waals surface area (Å²) in [6.45, 7) is 27.9. The van der Waals surface area contributed by atoms with Crippen LogP contribution in [0.15, 0.2) is 48.5 Å². The van der Waals surface area contributed by atoms with Gasteiger partial charge in [-0.15, -0.1) is 0 Å². The van der Waals surface area contributed by atoms with E-state index in [1.807, 2.05) is 36.4 Å². The largest absolute Gasteiger partial charge is 0.478 e. The molecule has 0 fully saturated rings. The van der Waals surface area contributed by atoms with Crippen molar-refractivity contribution in [3.63, 3.8) is 0 Å². The molecule has 1 N–H and O–H groups in total. The van der Waals surface area contributed by atoms with E-state index in [2.05, 4.69) is 129 Å². The van der Waals surface area contributed by atoms with Gasteiger partial charge < -0.3 is 29.5 Å². The minimum absolute atomic E-state index is 0.00205. The molecule has 16 heteroatoms. The van der Waals surface area contributed by atoms with Gasteiger partial charge in [0.05, 0.1) is 12.1 Å². The first-order chi connectivity index (χ1) is 36.9. The average molecular weight is 1160 g/mol. The number of ether oxygens (including phenoxy) is 2. The molecule has 8 unspecified atom stereocenters. The second-order valence-electron chi connectivity index (χ2n) is 23.1. The van der Waals surface area contributed by atoms with Crippen LogP contribution in [0.2, 0.25) is 0 Å². The summed E-state index contributed by atoms with van der Waals surface area (Å²) in [7, 11) is 6.97. The van der Waals surface area contributed by atoms with Crippen molar-refractivity contribution in [2.24, 2.45) is 23.7 Å². The van der Waals surface area contributed by atoms with Crippen molar-refractivity contribution < 1.29 is 28.7 Å². The highest BCUT2D eigenvalue weighted by atomic mass is 32.1. The van der Waals surface area contributed by atoms with E-state index in [-0.39, 0.29) is 74.6 Å². The van der Waals surface area contributed by atoms with E-state index in [1.54, 1.807) is 42.9 Å². The summed E-state index contributed by atoms with van der Waals surface area (Å²) in [4.78, 5) is 69.5. The number of benzene rings is 2. The molecular formula is C62H108N6O6S4. The van der Waals surface area contributed by atoms with Crippen molar-refractivity contribution in [1.82, 2.24) is 29.8 Å². The zero-order chi connectivity index (χ0) is 58.6. The predicted octanol–water partition coefficient (Wildman–Crippen LogP) is 11.6. The molecule has 0 aliphatic carbocycles. The van der Waals surface area contributed by atoms with Crippen LogP contribution in [0.5, 0.6) is 11.5 Å². The van der Waals surface area contributed by atoms with Crippen LogP contribution in [-0.2, 0) is 32.0 Å². The van der Waals surface area contributed by atoms with Crippen LogP contribution in [0.25, 0.3) is 0 Å². The van der Waals surface area contributed by atoms with E-state index in [9.17, 15) is 9.59 Å². The number of carbonyl (C=O) groups is 4. The zero-order valence-corrected chi connectivity index (χ0v) is 54.5. The van der Waals surface area contributed by atoms with Crippen LogP contribution in [0.3, 0.4) is 0 Å². The van der Waals surface area contributed by atoms with Gasteiger partial charge in [-0.1, -0.05) is 100 Å². The highest BCUT2D eigenvalue weighted by Crippen LogP contribution is 2.29. The molecule has 78 heavy (non-hydrogen) atoms. The third kappa shape index (κ3) is 26.5. The molecule has 3 amide bonds. The second-order valence-corrected chi connectivity index (χ2v) is 26.4. The summed E-state index contributed by atoms with van der Waals surface area (Å²) in [5.74, 6) is 1.29. The molecule has 0 saturated heterocycles. The highest BCUT2D eigenvalue weighted by molar-refractivity contribution is 7.81. The SMILES string of the molecule is CCN(CC)COc1ccc(CC(S)CCC(C)C[C@@H](C(=O)N(C)C(CC(C)CCC(C)S)C(=O)CC(S)Cc2ccc(OCN(CC)CC)cc2)N(C)C(=O)[C@H](CC(C)CCC(C)S)N(C)C(=O)[C@H](CC(C)C)NC)cc1. The van der Waals surface area contributed by atoms with Crippen molar-refractivity contribution in [3.8, 4) is 11.5 Å². The van der Waals surface area contributed by atoms with E-state index in [1.165, 1.54) is 5.56 Å². The minimum Gasteiger partial charge on any atom is -0.478 e. The maximum Gasteiger partial charge on any atom is 0.245 e. The Hall–Kier alpha value is -2.60. The molecule has 0 saturated carbocycles. The van der Waals surface area contributed by atoms with Crippen molar-refractivity contribution in [1.29, 1.82) is 0 Å². The topological polar surface area (TPSA) is 115 Å². The van der Waals surface area contributed by atoms with Gasteiger partial charge in [-0.2, -0.15) is 50.5 Å². The molecule has 446 valence electrons. The lowest BCUT2D eigenvalue weighted by Crippen LogP contribution is -2.58.